The Labute approximate surface area is 192 Å². The zero-order valence-electron chi connectivity index (χ0n) is 17.2. The molecule has 32 heavy (non-hydrogen) atoms. The van der Waals surface area contributed by atoms with E-state index in [1.54, 1.807) is 22.7 Å². The fraction of sp³-hybridized carbons (Fsp3) is 0.190. The fourth-order valence-corrected chi connectivity index (χ4v) is 4.32. The molecule has 0 radical (unpaired) electrons. The number of amides is 1. The largest absolute Gasteiger partial charge is 0.486 e. The highest BCUT2D eigenvalue weighted by Crippen LogP contribution is 2.31. The Kier molecular flexibility index (Phi) is 5.19. The Balaban J connectivity index is 1.31. The van der Waals surface area contributed by atoms with Crippen LogP contribution in [0, 0.1) is 13.8 Å². The maximum Gasteiger partial charge on any atom is 0.257 e. The van der Waals surface area contributed by atoms with Crippen LogP contribution in [0.15, 0.2) is 36.4 Å². The molecule has 1 aliphatic heterocycles. The van der Waals surface area contributed by atoms with Crippen LogP contribution in [0.3, 0.4) is 0 Å². The summed E-state index contributed by atoms with van der Waals surface area (Å²) in [5.74, 6) is 1.57. The molecule has 2 N–H and O–H groups in total. The maximum absolute atomic E-state index is 12.6. The van der Waals surface area contributed by atoms with Crippen molar-refractivity contribution in [1.29, 1.82) is 0 Å². The molecule has 1 amide bonds. The van der Waals surface area contributed by atoms with E-state index in [1.807, 2.05) is 32.0 Å². The molecular formula is C21H18N6O3S2. The van der Waals surface area contributed by atoms with Crippen molar-refractivity contribution in [1.82, 2.24) is 25.1 Å². The van der Waals surface area contributed by atoms with Crippen LogP contribution in [0.2, 0.25) is 0 Å². The van der Waals surface area contributed by atoms with E-state index in [-0.39, 0.29) is 11.0 Å². The van der Waals surface area contributed by atoms with Gasteiger partial charge in [0.15, 0.2) is 22.4 Å². The lowest BCUT2D eigenvalue weighted by molar-refractivity contribution is 0.0976. The van der Waals surface area contributed by atoms with Crippen LogP contribution in [-0.4, -0.2) is 44.0 Å². The topological polar surface area (TPSA) is 103 Å². The Hall–Kier alpha value is -3.57. The third-order valence-corrected chi connectivity index (χ3v) is 6.06. The maximum atomic E-state index is 12.6. The molecule has 0 spiro atoms. The molecule has 0 saturated carbocycles. The van der Waals surface area contributed by atoms with Gasteiger partial charge in [-0.25, -0.2) is 0 Å². The number of thiocarbonyl (C=S) groups is 1. The Morgan fingerprint density at radius 2 is 1.91 bits per heavy atom. The minimum absolute atomic E-state index is 0.194. The number of carbonyl (C=O) groups is 1. The molecule has 3 heterocycles. The first kappa shape index (κ1) is 20.3. The van der Waals surface area contributed by atoms with Crippen molar-refractivity contribution in [3.63, 3.8) is 0 Å². The monoisotopic (exact) mass is 466 g/mol. The van der Waals surface area contributed by atoms with Gasteiger partial charge in [-0.15, -0.1) is 10.2 Å². The lowest BCUT2D eigenvalue weighted by Gasteiger charge is -2.19. The van der Waals surface area contributed by atoms with Crippen molar-refractivity contribution >= 4 is 45.2 Å². The molecule has 0 unspecified atom stereocenters. The van der Waals surface area contributed by atoms with E-state index in [0.29, 0.717) is 30.3 Å². The minimum atomic E-state index is -0.336. The van der Waals surface area contributed by atoms with Crippen LogP contribution in [0.5, 0.6) is 11.5 Å². The second-order valence-corrected chi connectivity index (χ2v) is 8.51. The molecule has 0 bridgehead atoms. The van der Waals surface area contributed by atoms with Gasteiger partial charge >= 0.3 is 0 Å². The van der Waals surface area contributed by atoms with Crippen molar-refractivity contribution in [2.24, 2.45) is 0 Å². The van der Waals surface area contributed by atoms with Gasteiger partial charge < -0.3 is 14.8 Å². The van der Waals surface area contributed by atoms with Gasteiger partial charge in [0, 0.05) is 16.8 Å². The smallest absolute Gasteiger partial charge is 0.257 e. The van der Waals surface area contributed by atoms with E-state index in [1.165, 1.54) is 11.3 Å². The highest BCUT2D eigenvalue weighted by Gasteiger charge is 2.16. The number of nitrogens with one attached hydrogen (secondary N) is 2. The van der Waals surface area contributed by atoms with E-state index in [0.717, 1.165) is 32.6 Å². The average molecular weight is 467 g/mol. The first-order valence-electron chi connectivity index (χ1n) is 9.80. The number of hydrogen-bond donors (Lipinski definition) is 2. The van der Waals surface area contributed by atoms with Gasteiger partial charge in [-0.3, -0.25) is 10.1 Å². The normalized spacial score (nSPS) is 12.6. The van der Waals surface area contributed by atoms with Gasteiger partial charge in [-0.2, -0.15) is 9.61 Å². The highest BCUT2D eigenvalue weighted by molar-refractivity contribution is 7.80. The predicted molar refractivity (Wildman–Crippen MR) is 125 cm³/mol. The zero-order valence-corrected chi connectivity index (χ0v) is 18.8. The van der Waals surface area contributed by atoms with Crippen molar-refractivity contribution in [3.8, 4) is 22.1 Å². The third-order valence-electron chi connectivity index (χ3n) is 4.91. The SMILES string of the molecule is Cc1ccc(-c2nn3c(C)nnc3s2)cc1NC(=S)NC(=O)c1ccc2c(c1)OCCO2. The molecule has 2 aromatic heterocycles. The molecule has 162 valence electrons. The summed E-state index contributed by atoms with van der Waals surface area (Å²) in [6.07, 6.45) is 0. The van der Waals surface area contributed by atoms with Gasteiger partial charge in [0.05, 0.1) is 0 Å². The number of ether oxygens (including phenoxy) is 2. The standard InChI is InChI=1S/C21H18N6O3S2/c1-11-3-4-14(19-26-27-12(2)24-25-21(27)32-19)9-15(11)22-20(31)23-18(28)13-5-6-16-17(10-13)30-8-7-29-16/h3-6,9-10H,7-8H2,1-2H3,(H2,22,23,28,31). The predicted octanol–water partition coefficient (Wildman–Crippen LogP) is 3.37. The number of hydrogen-bond acceptors (Lipinski definition) is 8. The number of aromatic nitrogens is 4. The van der Waals surface area contributed by atoms with E-state index < -0.39 is 0 Å². The summed E-state index contributed by atoms with van der Waals surface area (Å²) in [4.78, 5) is 13.4. The summed E-state index contributed by atoms with van der Waals surface area (Å²) in [6, 6.07) is 10.9. The summed E-state index contributed by atoms with van der Waals surface area (Å²) in [6.45, 7) is 4.76. The van der Waals surface area contributed by atoms with Gasteiger partial charge in [0.2, 0.25) is 4.96 Å². The van der Waals surface area contributed by atoms with Crippen LogP contribution in [0.4, 0.5) is 5.69 Å². The Morgan fingerprint density at radius 3 is 2.72 bits per heavy atom. The second-order valence-electron chi connectivity index (χ2n) is 7.15. The number of rotatable bonds is 3. The fourth-order valence-electron chi connectivity index (χ4n) is 3.23. The Bertz CT molecular complexity index is 1360. The molecule has 0 fully saturated rings. The average Bonchev–Trinajstić information content (AvgIpc) is 3.37. The van der Waals surface area contributed by atoms with Crippen LogP contribution in [-0.2, 0) is 0 Å². The molecule has 9 nitrogen and oxygen atoms in total. The number of carbonyl (C=O) groups excluding carboxylic acids is 1. The van der Waals surface area contributed by atoms with E-state index in [2.05, 4.69) is 25.9 Å². The van der Waals surface area contributed by atoms with Gasteiger partial charge in [0.1, 0.15) is 18.2 Å². The molecular weight excluding hydrogens is 448 g/mol. The van der Waals surface area contributed by atoms with Gasteiger partial charge in [-0.05, 0) is 55.9 Å². The van der Waals surface area contributed by atoms with Crippen molar-refractivity contribution in [2.75, 3.05) is 18.5 Å². The number of anilines is 1. The van der Waals surface area contributed by atoms with Crippen LogP contribution in [0.25, 0.3) is 15.5 Å². The van der Waals surface area contributed by atoms with E-state index in [9.17, 15) is 4.79 Å². The second kappa shape index (κ2) is 8.17. The summed E-state index contributed by atoms with van der Waals surface area (Å²) >= 11 is 6.82. The number of benzene rings is 2. The number of aryl methyl sites for hydroxylation is 2. The van der Waals surface area contributed by atoms with Crippen LogP contribution in [0.1, 0.15) is 21.7 Å². The van der Waals surface area contributed by atoms with Gasteiger partial charge in [0.25, 0.3) is 5.91 Å². The van der Waals surface area contributed by atoms with E-state index in [4.69, 9.17) is 21.7 Å². The molecule has 11 heteroatoms. The first-order chi connectivity index (χ1) is 15.5. The number of fused-ring (bicyclic) bond motifs is 2. The van der Waals surface area contributed by atoms with E-state index >= 15 is 0 Å². The van der Waals surface area contributed by atoms with Gasteiger partial charge in [-0.1, -0.05) is 23.5 Å². The Morgan fingerprint density at radius 1 is 1.09 bits per heavy atom. The molecule has 0 atom stereocenters. The number of nitrogens with zero attached hydrogens (tertiary/aromatic N) is 4. The van der Waals surface area contributed by atoms with Crippen molar-refractivity contribution in [3.05, 3.63) is 53.3 Å². The quantitative estimate of drug-likeness (QED) is 0.443. The third kappa shape index (κ3) is 3.87. The minimum Gasteiger partial charge on any atom is -0.486 e. The van der Waals surface area contributed by atoms with Crippen molar-refractivity contribution in [2.45, 2.75) is 13.8 Å². The zero-order chi connectivity index (χ0) is 22.2. The first-order valence-corrected chi connectivity index (χ1v) is 11.0. The van der Waals surface area contributed by atoms with Crippen LogP contribution >= 0.6 is 23.6 Å². The lowest BCUT2D eigenvalue weighted by atomic mass is 10.1. The molecule has 0 aliphatic carbocycles. The molecule has 2 aromatic carbocycles. The molecule has 1 aliphatic rings. The highest BCUT2D eigenvalue weighted by atomic mass is 32.1. The molecule has 0 saturated heterocycles. The summed E-state index contributed by atoms with van der Waals surface area (Å²) in [7, 11) is 0. The van der Waals surface area contributed by atoms with Crippen molar-refractivity contribution < 1.29 is 14.3 Å². The lowest BCUT2D eigenvalue weighted by Crippen LogP contribution is -2.34. The van der Waals surface area contributed by atoms with Crippen LogP contribution < -0.4 is 20.1 Å². The summed E-state index contributed by atoms with van der Waals surface area (Å²) in [5, 5.41) is 19.5. The summed E-state index contributed by atoms with van der Waals surface area (Å²) < 4.78 is 12.7. The summed E-state index contributed by atoms with van der Waals surface area (Å²) in [5.41, 5.74) is 3.09. The molecule has 4 aromatic rings. The molecule has 5 rings (SSSR count).